The molecule has 27 heavy (non-hydrogen) atoms. The zero-order valence-electron chi connectivity index (χ0n) is 15.7. The van der Waals surface area contributed by atoms with Gasteiger partial charge in [0.1, 0.15) is 12.3 Å². The lowest BCUT2D eigenvalue weighted by molar-refractivity contribution is -0.384. The zero-order chi connectivity index (χ0) is 19.6. The van der Waals surface area contributed by atoms with Gasteiger partial charge in [-0.05, 0) is 24.8 Å². The first-order valence-electron chi connectivity index (χ1n) is 9.42. The van der Waals surface area contributed by atoms with E-state index in [4.69, 9.17) is 4.74 Å². The number of benzene rings is 1. The van der Waals surface area contributed by atoms with Crippen molar-refractivity contribution in [2.45, 2.75) is 45.6 Å². The van der Waals surface area contributed by atoms with Crippen LogP contribution in [0.4, 0.5) is 11.4 Å². The molecule has 8 nitrogen and oxygen atoms in total. The number of carbonyl (C=O) groups excluding carboxylic acids is 2. The van der Waals surface area contributed by atoms with Crippen molar-refractivity contribution < 1.29 is 19.2 Å². The van der Waals surface area contributed by atoms with Gasteiger partial charge < -0.3 is 9.64 Å². The van der Waals surface area contributed by atoms with Crippen molar-refractivity contribution in [3.05, 3.63) is 28.3 Å². The molecule has 2 aliphatic heterocycles. The topological polar surface area (TPSA) is 93.0 Å². The van der Waals surface area contributed by atoms with E-state index in [1.54, 1.807) is 4.90 Å². The van der Waals surface area contributed by atoms with E-state index < -0.39 is 11.0 Å². The van der Waals surface area contributed by atoms with Gasteiger partial charge in [0, 0.05) is 25.2 Å². The standard InChI is InChI=1S/C19H25N3O5/c1-13(2)18-19(24)21(12-17(23)20-9-5-3-4-6-10-20)15-11-14(22(25)26)7-8-16(15)27-18/h7-8,11,13,18H,3-6,9-10,12H2,1-2H3. The molecule has 0 bridgehead atoms. The van der Waals surface area contributed by atoms with Crippen LogP contribution in [0.5, 0.6) is 5.75 Å². The van der Waals surface area contributed by atoms with Gasteiger partial charge in [-0.2, -0.15) is 0 Å². The van der Waals surface area contributed by atoms with E-state index in [0.29, 0.717) is 18.8 Å². The number of anilines is 1. The number of amides is 2. The fourth-order valence-corrected chi connectivity index (χ4v) is 3.53. The first kappa shape index (κ1) is 19.1. The predicted octanol–water partition coefficient (Wildman–Crippen LogP) is 2.75. The molecule has 1 unspecified atom stereocenters. The molecule has 1 atom stereocenters. The molecule has 1 aromatic rings. The Morgan fingerprint density at radius 1 is 1.26 bits per heavy atom. The largest absolute Gasteiger partial charge is 0.478 e. The molecule has 2 heterocycles. The summed E-state index contributed by atoms with van der Waals surface area (Å²) in [6, 6.07) is 4.15. The monoisotopic (exact) mass is 375 g/mol. The highest BCUT2D eigenvalue weighted by Crippen LogP contribution is 2.38. The molecule has 0 spiro atoms. The molecule has 146 valence electrons. The Morgan fingerprint density at radius 3 is 2.52 bits per heavy atom. The van der Waals surface area contributed by atoms with E-state index in [0.717, 1.165) is 25.7 Å². The van der Waals surface area contributed by atoms with E-state index >= 15 is 0 Å². The average molecular weight is 375 g/mol. The summed E-state index contributed by atoms with van der Waals surface area (Å²) >= 11 is 0. The van der Waals surface area contributed by atoms with Crippen molar-refractivity contribution in [2.24, 2.45) is 5.92 Å². The maximum absolute atomic E-state index is 13.0. The maximum Gasteiger partial charge on any atom is 0.271 e. The van der Waals surface area contributed by atoms with Gasteiger partial charge in [-0.3, -0.25) is 24.6 Å². The lowest BCUT2D eigenvalue weighted by Gasteiger charge is -2.36. The number of nitrogens with zero attached hydrogens (tertiary/aromatic N) is 3. The second-order valence-electron chi connectivity index (χ2n) is 7.41. The molecule has 1 fully saturated rings. The van der Waals surface area contributed by atoms with Crippen LogP contribution >= 0.6 is 0 Å². The van der Waals surface area contributed by atoms with Crippen LogP contribution in [-0.4, -0.2) is 47.4 Å². The Balaban J connectivity index is 1.91. The maximum atomic E-state index is 13.0. The number of hydrogen-bond donors (Lipinski definition) is 0. The second-order valence-corrected chi connectivity index (χ2v) is 7.41. The van der Waals surface area contributed by atoms with Crippen LogP contribution in [0.2, 0.25) is 0 Å². The van der Waals surface area contributed by atoms with Crippen LogP contribution in [0.3, 0.4) is 0 Å². The summed E-state index contributed by atoms with van der Waals surface area (Å²) in [5.41, 5.74) is 0.148. The molecule has 0 N–H and O–H groups in total. The fourth-order valence-electron chi connectivity index (χ4n) is 3.53. The van der Waals surface area contributed by atoms with Crippen LogP contribution in [0.15, 0.2) is 18.2 Å². The van der Waals surface area contributed by atoms with Gasteiger partial charge in [0.05, 0.1) is 10.6 Å². The normalized spacial score (nSPS) is 20.1. The lowest BCUT2D eigenvalue weighted by Crippen LogP contribution is -2.52. The Morgan fingerprint density at radius 2 is 1.93 bits per heavy atom. The number of hydrogen-bond acceptors (Lipinski definition) is 5. The number of carbonyl (C=O) groups is 2. The van der Waals surface area contributed by atoms with Crippen molar-refractivity contribution in [2.75, 3.05) is 24.5 Å². The smallest absolute Gasteiger partial charge is 0.271 e. The molecule has 2 amide bonds. The Hall–Kier alpha value is -2.64. The molecule has 0 aliphatic carbocycles. The molecule has 1 aromatic carbocycles. The van der Waals surface area contributed by atoms with Gasteiger partial charge in [-0.15, -0.1) is 0 Å². The highest BCUT2D eigenvalue weighted by molar-refractivity contribution is 6.04. The third-order valence-electron chi connectivity index (χ3n) is 5.07. The first-order valence-corrected chi connectivity index (χ1v) is 9.42. The van der Waals surface area contributed by atoms with Crippen molar-refractivity contribution in [1.29, 1.82) is 0 Å². The molecule has 3 rings (SSSR count). The van der Waals surface area contributed by atoms with Crippen LogP contribution in [0.25, 0.3) is 0 Å². The molecule has 0 radical (unpaired) electrons. The van der Waals surface area contributed by atoms with E-state index in [1.807, 2.05) is 13.8 Å². The number of ether oxygens (including phenoxy) is 1. The number of nitro groups is 1. The number of likely N-dealkylation sites (tertiary alicyclic amines) is 1. The van der Waals surface area contributed by atoms with E-state index in [9.17, 15) is 19.7 Å². The average Bonchev–Trinajstić information content (AvgIpc) is 2.92. The Kier molecular flexibility index (Phi) is 5.62. The number of fused-ring (bicyclic) bond motifs is 1. The minimum Gasteiger partial charge on any atom is -0.478 e. The van der Waals surface area contributed by atoms with Gasteiger partial charge in [-0.1, -0.05) is 26.7 Å². The van der Waals surface area contributed by atoms with Gasteiger partial charge in [0.25, 0.3) is 11.6 Å². The highest BCUT2D eigenvalue weighted by Gasteiger charge is 2.38. The lowest BCUT2D eigenvalue weighted by atomic mass is 10.0. The van der Waals surface area contributed by atoms with Crippen LogP contribution < -0.4 is 9.64 Å². The van der Waals surface area contributed by atoms with Gasteiger partial charge in [0.2, 0.25) is 5.91 Å². The second kappa shape index (κ2) is 7.94. The minimum absolute atomic E-state index is 0.0865. The summed E-state index contributed by atoms with van der Waals surface area (Å²) in [7, 11) is 0. The SMILES string of the molecule is CC(C)C1Oc2ccc([N+](=O)[O-])cc2N(CC(=O)N2CCCCCC2)C1=O. The first-order chi connectivity index (χ1) is 12.9. The highest BCUT2D eigenvalue weighted by atomic mass is 16.6. The van der Waals surface area contributed by atoms with Gasteiger partial charge in [-0.25, -0.2) is 0 Å². The van der Waals surface area contributed by atoms with E-state index in [1.165, 1.54) is 23.1 Å². The summed E-state index contributed by atoms with van der Waals surface area (Å²) in [5, 5.41) is 11.1. The van der Waals surface area contributed by atoms with Crippen LogP contribution in [0, 0.1) is 16.0 Å². The third-order valence-corrected chi connectivity index (χ3v) is 5.07. The van der Waals surface area contributed by atoms with E-state index in [-0.39, 0.29) is 35.7 Å². The van der Waals surface area contributed by atoms with Gasteiger partial charge in [0.15, 0.2) is 6.10 Å². The number of non-ortho nitro benzene ring substituents is 1. The van der Waals surface area contributed by atoms with Crippen LogP contribution in [-0.2, 0) is 9.59 Å². The summed E-state index contributed by atoms with van der Waals surface area (Å²) in [6.07, 6.45) is 3.41. The summed E-state index contributed by atoms with van der Waals surface area (Å²) < 4.78 is 5.78. The zero-order valence-corrected chi connectivity index (χ0v) is 15.7. The molecule has 8 heteroatoms. The van der Waals surface area contributed by atoms with Crippen molar-refractivity contribution >= 4 is 23.2 Å². The predicted molar refractivity (Wildman–Crippen MR) is 99.8 cm³/mol. The molecular formula is C19H25N3O5. The molecular weight excluding hydrogens is 350 g/mol. The molecule has 2 aliphatic rings. The quantitative estimate of drug-likeness (QED) is 0.596. The fraction of sp³-hybridized carbons (Fsp3) is 0.579. The Labute approximate surface area is 158 Å². The van der Waals surface area contributed by atoms with Crippen molar-refractivity contribution in [3.8, 4) is 5.75 Å². The van der Waals surface area contributed by atoms with Crippen molar-refractivity contribution in [1.82, 2.24) is 4.90 Å². The number of nitro benzene ring substituents is 1. The number of rotatable bonds is 4. The van der Waals surface area contributed by atoms with Crippen LogP contribution in [0.1, 0.15) is 39.5 Å². The minimum atomic E-state index is -0.712. The third kappa shape index (κ3) is 4.04. The van der Waals surface area contributed by atoms with E-state index in [2.05, 4.69) is 0 Å². The Bertz CT molecular complexity index is 741. The molecule has 1 saturated heterocycles. The summed E-state index contributed by atoms with van der Waals surface area (Å²) in [6.45, 7) is 4.99. The van der Waals surface area contributed by atoms with Crippen molar-refractivity contribution in [3.63, 3.8) is 0 Å². The molecule has 0 aromatic heterocycles. The van der Waals surface area contributed by atoms with Gasteiger partial charge >= 0.3 is 0 Å². The summed E-state index contributed by atoms with van der Waals surface area (Å²) in [4.78, 5) is 39.5. The molecule has 0 saturated carbocycles. The summed E-state index contributed by atoms with van der Waals surface area (Å²) in [5.74, 6) is -0.160.